The zero-order valence-corrected chi connectivity index (χ0v) is 8.31. The van der Waals surface area contributed by atoms with E-state index in [1.807, 2.05) is 18.2 Å². The Morgan fingerprint density at radius 1 is 1.33 bits per heavy atom. The third kappa shape index (κ3) is 1.92. The van der Waals surface area contributed by atoms with E-state index in [0.717, 1.165) is 30.0 Å². The minimum absolute atomic E-state index is 0.411. The van der Waals surface area contributed by atoms with Crippen LogP contribution in [-0.2, 0) is 11.2 Å². The normalized spacial score (nSPS) is 19.1. The van der Waals surface area contributed by atoms with Crippen molar-refractivity contribution in [2.24, 2.45) is 0 Å². The van der Waals surface area contributed by atoms with Crippen LogP contribution < -0.4 is 0 Å². The van der Waals surface area contributed by atoms with E-state index in [2.05, 4.69) is 28.4 Å². The number of epoxide rings is 1. The van der Waals surface area contributed by atoms with Crippen molar-refractivity contribution < 1.29 is 4.74 Å². The molecule has 3 rings (SSSR count). The first-order valence-electron chi connectivity index (χ1n) is 5.13. The number of nitrogens with one attached hydrogen (secondary N) is 1. The predicted molar refractivity (Wildman–Crippen MR) is 57.5 cm³/mol. The Bertz CT molecular complexity index is 446. The fourth-order valence-corrected chi connectivity index (χ4v) is 1.65. The Hall–Kier alpha value is -1.61. The Morgan fingerprint density at radius 3 is 2.87 bits per heavy atom. The van der Waals surface area contributed by atoms with Gasteiger partial charge in [-0.15, -0.1) is 0 Å². The van der Waals surface area contributed by atoms with Crippen molar-refractivity contribution in [2.45, 2.75) is 12.5 Å². The number of aromatic amines is 1. The first-order chi connectivity index (χ1) is 7.42. The Balaban J connectivity index is 1.83. The van der Waals surface area contributed by atoms with Gasteiger partial charge >= 0.3 is 0 Å². The van der Waals surface area contributed by atoms with E-state index in [1.165, 1.54) is 0 Å². The number of hydrogen-bond acceptors (Lipinski definition) is 2. The van der Waals surface area contributed by atoms with Gasteiger partial charge in [0.05, 0.1) is 18.4 Å². The summed E-state index contributed by atoms with van der Waals surface area (Å²) in [4.78, 5) is 0. The summed E-state index contributed by atoms with van der Waals surface area (Å²) in [7, 11) is 0. The monoisotopic (exact) mass is 200 g/mol. The average molecular weight is 200 g/mol. The molecule has 1 aliphatic heterocycles. The molecule has 2 aromatic rings. The molecule has 1 fully saturated rings. The van der Waals surface area contributed by atoms with Gasteiger partial charge in [0.15, 0.2) is 0 Å². The smallest absolute Gasteiger partial charge is 0.0923 e. The molecule has 76 valence electrons. The Labute approximate surface area is 88.1 Å². The van der Waals surface area contributed by atoms with Crippen molar-refractivity contribution in [3.8, 4) is 11.3 Å². The van der Waals surface area contributed by atoms with Crippen LogP contribution >= 0.6 is 0 Å². The van der Waals surface area contributed by atoms with Crippen LogP contribution in [0.5, 0.6) is 0 Å². The zero-order chi connectivity index (χ0) is 10.1. The number of aromatic nitrogens is 2. The van der Waals surface area contributed by atoms with Gasteiger partial charge in [-0.3, -0.25) is 5.10 Å². The van der Waals surface area contributed by atoms with Crippen LogP contribution in [0.4, 0.5) is 0 Å². The molecule has 1 N–H and O–H groups in total. The van der Waals surface area contributed by atoms with E-state index in [4.69, 9.17) is 4.74 Å². The summed E-state index contributed by atoms with van der Waals surface area (Å²) >= 11 is 0. The van der Waals surface area contributed by atoms with Crippen LogP contribution in [0.1, 0.15) is 5.69 Å². The summed E-state index contributed by atoms with van der Waals surface area (Å²) in [5.74, 6) is 0. The molecule has 0 bridgehead atoms. The molecule has 0 spiro atoms. The van der Waals surface area contributed by atoms with Crippen molar-refractivity contribution in [1.82, 2.24) is 10.2 Å². The molecule has 1 saturated heterocycles. The maximum Gasteiger partial charge on any atom is 0.0923 e. The molecule has 15 heavy (non-hydrogen) atoms. The maximum absolute atomic E-state index is 5.18. The molecule has 1 unspecified atom stereocenters. The fourth-order valence-electron chi connectivity index (χ4n) is 1.65. The molecule has 0 aliphatic carbocycles. The first kappa shape index (κ1) is 8.68. The topological polar surface area (TPSA) is 41.2 Å². The van der Waals surface area contributed by atoms with Crippen LogP contribution in [-0.4, -0.2) is 22.9 Å². The highest BCUT2D eigenvalue weighted by Gasteiger charge is 2.23. The van der Waals surface area contributed by atoms with Crippen LogP contribution in [0.15, 0.2) is 36.4 Å². The molecule has 1 aromatic heterocycles. The minimum Gasteiger partial charge on any atom is -0.373 e. The molecule has 3 nitrogen and oxygen atoms in total. The number of nitrogens with zero attached hydrogens (tertiary/aromatic N) is 1. The summed E-state index contributed by atoms with van der Waals surface area (Å²) in [6.07, 6.45) is 1.36. The van der Waals surface area contributed by atoms with E-state index in [-0.39, 0.29) is 0 Å². The largest absolute Gasteiger partial charge is 0.373 e. The third-order valence-corrected chi connectivity index (χ3v) is 2.55. The van der Waals surface area contributed by atoms with Gasteiger partial charge in [-0.2, -0.15) is 5.10 Å². The zero-order valence-electron chi connectivity index (χ0n) is 8.31. The molecule has 1 atom stereocenters. The van der Waals surface area contributed by atoms with Gasteiger partial charge in [0, 0.05) is 17.7 Å². The van der Waals surface area contributed by atoms with Gasteiger partial charge in [-0.1, -0.05) is 30.3 Å². The first-order valence-corrected chi connectivity index (χ1v) is 5.13. The van der Waals surface area contributed by atoms with Crippen LogP contribution in [0, 0.1) is 0 Å². The average Bonchev–Trinajstić information content (AvgIpc) is 2.96. The molecule has 0 radical (unpaired) electrons. The van der Waals surface area contributed by atoms with Gasteiger partial charge in [-0.05, 0) is 6.07 Å². The number of benzene rings is 1. The molecule has 2 heterocycles. The summed E-state index contributed by atoms with van der Waals surface area (Å²) < 4.78 is 5.18. The predicted octanol–water partition coefficient (Wildman–Crippen LogP) is 2.02. The molecule has 1 aliphatic rings. The van der Waals surface area contributed by atoms with Gasteiger partial charge in [0.25, 0.3) is 0 Å². The van der Waals surface area contributed by atoms with E-state index in [1.54, 1.807) is 0 Å². The van der Waals surface area contributed by atoms with Gasteiger partial charge < -0.3 is 4.74 Å². The lowest BCUT2D eigenvalue weighted by Gasteiger charge is -1.92. The fraction of sp³-hybridized carbons (Fsp3) is 0.250. The number of H-pyrrole nitrogens is 1. The second kappa shape index (κ2) is 3.51. The Kier molecular flexibility index (Phi) is 2.03. The lowest BCUT2D eigenvalue weighted by molar-refractivity contribution is 0.406. The van der Waals surface area contributed by atoms with Crippen molar-refractivity contribution in [2.75, 3.05) is 6.61 Å². The summed E-state index contributed by atoms with van der Waals surface area (Å²) in [5, 5.41) is 7.33. The van der Waals surface area contributed by atoms with Gasteiger partial charge in [0.2, 0.25) is 0 Å². The lowest BCUT2D eigenvalue weighted by atomic mass is 10.1. The highest BCUT2D eigenvalue weighted by Crippen LogP contribution is 2.20. The van der Waals surface area contributed by atoms with Gasteiger partial charge in [0.1, 0.15) is 0 Å². The van der Waals surface area contributed by atoms with E-state index >= 15 is 0 Å². The SMILES string of the molecule is c1ccc(-c2cc(CC3CO3)[nH]n2)cc1. The Morgan fingerprint density at radius 2 is 2.13 bits per heavy atom. The van der Waals surface area contributed by atoms with E-state index < -0.39 is 0 Å². The molecule has 0 amide bonds. The van der Waals surface area contributed by atoms with Crippen molar-refractivity contribution in [3.63, 3.8) is 0 Å². The van der Waals surface area contributed by atoms with Crippen LogP contribution in [0.25, 0.3) is 11.3 Å². The molecular formula is C12H12N2O. The standard InChI is InChI=1S/C12H12N2O/c1-2-4-9(5-3-1)12-7-10(13-14-12)6-11-8-15-11/h1-5,7,11H,6,8H2,(H,13,14). The number of hydrogen-bond donors (Lipinski definition) is 1. The molecule has 3 heteroatoms. The van der Waals surface area contributed by atoms with Crippen molar-refractivity contribution >= 4 is 0 Å². The quantitative estimate of drug-likeness (QED) is 0.770. The number of rotatable bonds is 3. The highest BCUT2D eigenvalue weighted by atomic mass is 16.6. The van der Waals surface area contributed by atoms with Crippen molar-refractivity contribution in [3.05, 3.63) is 42.1 Å². The maximum atomic E-state index is 5.18. The summed E-state index contributed by atoms with van der Waals surface area (Å²) in [6.45, 7) is 0.889. The molecule has 1 aromatic carbocycles. The highest BCUT2D eigenvalue weighted by molar-refractivity contribution is 5.58. The second-order valence-corrected chi connectivity index (χ2v) is 3.80. The second-order valence-electron chi connectivity index (χ2n) is 3.80. The molecule has 0 saturated carbocycles. The lowest BCUT2D eigenvalue weighted by Crippen LogP contribution is -1.92. The van der Waals surface area contributed by atoms with E-state index in [0.29, 0.717) is 6.10 Å². The van der Waals surface area contributed by atoms with Crippen LogP contribution in [0.3, 0.4) is 0 Å². The molecular weight excluding hydrogens is 188 g/mol. The van der Waals surface area contributed by atoms with Crippen molar-refractivity contribution in [1.29, 1.82) is 0 Å². The van der Waals surface area contributed by atoms with E-state index in [9.17, 15) is 0 Å². The minimum atomic E-state index is 0.411. The summed E-state index contributed by atoms with van der Waals surface area (Å²) in [6, 6.07) is 12.3. The third-order valence-electron chi connectivity index (χ3n) is 2.55. The summed E-state index contributed by atoms with van der Waals surface area (Å²) in [5.41, 5.74) is 3.30. The van der Waals surface area contributed by atoms with Gasteiger partial charge in [-0.25, -0.2) is 0 Å². The number of ether oxygens (including phenoxy) is 1. The van der Waals surface area contributed by atoms with Crippen LogP contribution in [0.2, 0.25) is 0 Å².